The molecular formula is C15H13BrN4O3. The number of hydrogen-bond acceptors (Lipinski definition) is 3. The van der Waals surface area contributed by atoms with Crippen LogP contribution in [0.25, 0.3) is 10.9 Å². The lowest BCUT2D eigenvalue weighted by Gasteiger charge is -2.04. The zero-order valence-electron chi connectivity index (χ0n) is 12.1. The fraction of sp³-hybridized carbons (Fsp3) is 0.0667. The fourth-order valence-electron chi connectivity index (χ4n) is 2.10. The van der Waals surface area contributed by atoms with Crippen LogP contribution in [-0.4, -0.2) is 28.9 Å². The van der Waals surface area contributed by atoms with Gasteiger partial charge in [0.15, 0.2) is 0 Å². The minimum absolute atomic E-state index is 0.332. The molecular weight excluding hydrogens is 364 g/mol. The Balaban J connectivity index is 1.69. The molecule has 0 radical (unpaired) electrons. The van der Waals surface area contributed by atoms with Crippen molar-refractivity contribution in [1.29, 1.82) is 0 Å². The van der Waals surface area contributed by atoms with Gasteiger partial charge in [0.05, 0.1) is 7.11 Å². The molecule has 0 saturated heterocycles. The molecule has 23 heavy (non-hydrogen) atoms. The smallest absolute Gasteiger partial charge is 0.286 e. The van der Waals surface area contributed by atoms with Crippen molar-refractivity contribution >= 4 is 38.6 Å². The lowest BCUT2D eigenvalue weighted by atomic mass is 10.2. The lowest BCUT2D eigenvalue weighted by molar-refractivity contribution is 0.0842. The number of methoxy groups -OCH3 is 1. The van der Waals surface area contributed by atoms with E-state index in [9.17, 15) is 9.59 Å². The van der Waals surface area contributed by atoms with Crippen LogP contribution in [-0.2, 0) is 0 Å². The molecule has 0 spiro atoms. The Bertz CT molecular complexity index is 884. The van der Waals surface area contributed by atoms with Crippen molar-refractivity contribution in [1.82, 2.24) is 20.8 Å². The van der Waals surface area contributed by atoms with E-state index in [0.717, 1.165) is 15.4 Å². The van der Waals surface area contributed by atoms with Crippen molar-refractivity contribution in [2.75, 3.05) is 7.11 Å². The van der Waals surface area contributed by atoms with Crippen LogP contribution in [0.2, 0.25) is 0 Å². The SMILES string of the molecule is COc1ccc2cc(C(=O)NNC(=O)c3cc(Br)c[nH]3)[nH]c2c1. The highest BCUT2D eigenvalue weighted by Crippen LogP contribution is 2.21. The molecule has 0 atom stereocenters. The Hall–Kier alpha value is -2.74. The number of amides is 2. The number of aromatic nitrogens is 2. The molecule has 0 unspecified atom stereocenters. The van der Waals surface area contributed by atoms with Crippen LogP contribution >= 0.6 is 15.9 Å². The van der Waals surface area contributed by atoms with E-state index in [0.29, 0.717) is 17.1 Å². The average Bonchev–Trinajstić information content (AvgIpc) is 3.17. The number of ether oxygens (including phenoxy) is 1. The predicted molar refractivity (Wildman–Crippen MR) is 88.3 cm³/mol. The van der Waals surface area contributed by atoms with Gasteiger partial charge in [0.25, 0.3) is 11.8 Å². The Morgan fingerprint density at radius 2 is 1.83 bits per heavy atom. The predicted octanol–water partition coefficient (Wildman–Crippen LogP) is 2.34. The van der Waals surface area contributed by atoms with Crippen LogP contribution in [0.3, 0.4) is 0 Å². The summed E-state index contributed by atoms with van der Waals surface area (Å²) in [5.41, 5.74) is 6.14. The summed E-state index contributed by atoms with van der Waals surface area (Å²) in [6.45, 7) is 0. The van der Waals surface area contributed by atoms with Gasteiger partial charge in [-0.25, -0.2) is 0 Å². The highest BCUT2D eigenvalue weighted by atomic mass is 79.9. The van der Waals surface area contributed by atoms with E-state index < -0.39 is 11.8 Å². The number of rotatable bonds is 3. The normalized spacial score (nSPS) is 10.5. The number of aromatic amines is 2. The first-order valence-electron chi connectivity index (χ1n) is 6.68. The van der Waals surface area contributed by atoms with Gasteiger partial charge in [0, 0.05) is 27.6 Å². The molecule has 2 aromatic heterocycles. The third-order valence-corrected chi connectivity index (χ3v) is 3.71. The second-order valence-corrected chi connectivity index (χ2v) is 5.69. The van der Waals surface area contributed by atoms with Crippen molar-refractivity contribution in [2.45, 2.75) is 0 Å². The van der Waals surface area contributed by atoms with Crippen LogP contribution in [0, 0.1) is 0 Å². The maximum Gasteiger partial charge on any atom is 0.286 e. The Labute approximate surface area is 139 Å². The zero-order chi connectivity index (χ0) is 16.4. The van der Waals surface area contributed by atoms with E-state index in [4.69, 9.17) is 4.74 Å². The quantitative estimate of drug-likeness (QED) is 0.528. The molecule has 118 valence electrons. The number of nitrogens with one attached hydrogen (secondary N) is 4. The minimum atomic E-state index is -0.445. The Morgan fingerprint density at radius 1 is 1.09 bits per heavy atom. The lowest BCUT2D eigenvalue weighted by Crippen LogP contribution is -2.41. The summed E-state index contributed by atoms with van der Waals surface area (Å²) in [7, 11) is 1.58. The number of fused-ring (bicyclic) bond motifs is 1. The van der Waals surface area contributed by atoms with Crippen molar-refractivity contribution in [2.24, 2.45) is 0 Å². The monoisotopic (exact) mass is 376 g/mol. The van der Waals surface area contributed by atoms with E-state index in [2.05, 4.69) is 36.7 Å². The third-order valence-electron chi connectivity index (χ3n) is 3.26. The first-order valence-corrected chi connectivity index (χ1v) is 7.47. The van der Waals surface area contributed by atoms with Gasteiger partial charge in [-0.15, -0.1) is 0 Å². The fourth-order valence-corrected chi connectivity index (χ4v) is 2.45. The first-order chi connectivity index (χ1) is 11.1. The van der Waals surface area contributed by atoms with Crippen molar-refractivity contribution in [3.63, 3.8) is 0 Å². The highest BCUT2D eigenvalue weighted by molar-refractivity contribution is 9.10. The molecule has 2 amide bonds. The summed E-state index contributed by atoms with van der Waals surface area (Å²) in [6.07, 6.45) is 1.63. The van der Waals surface area contributed by atoms with Crippen molar-refractivity contribution in [3.8, 4) is 5.75 Å². The molecule has 1 aromatic carbocycles. The minimum Gasteiger partial charge on any atom is -0.497 e. The Morgan fingerprint density at radius 3 is 2.48 bits per heavy atom. The van der Waals surface area contributed by atoms with E-state index in [1.54, 1.807) is 31.5 Å². The summed E-state index contributed by atoms with van der Waals surface area (Å²) in [4.78, 5) is 29.7. The van der Waals surface area contributed by atoms with Crippen LogP contribution in [0.15, 0.2) is 41.0 Å². The molecule has 0 fully saturated rings. The number of hydrazine groups is 1. The molecule has 0 saturated carbocycles. The largest absolute Gasteiger partial charge is 0.497 e. The van der Waals surface area contributed by atoms with Gasteiger partial charge in [-0.3, -0.25) is 20.4 Å². The maximum atomic E-state index is 12.1. The Kier molecular flexibility index (Phi) is 4.07. The van der Waals surface area contributed by atoms with E-state index in [1.165, 1.54) is 0 Å². The van der Waals surface area contributed by atoms with Gasteiger partial charge in [-0.2, -0.15) is 0 Å². The summed E-state index contributed by atoms with van der Waals surface area (Å²) < 4.78 is 5.89. The van der Waals surface area contributed by atoms with Crippen LogP contribution in [0.4, 0.5) is 0 Å². The molecule has 0 aliphatic heterocycles. The number of halogens is 1. The van der Waals surface area contributed by atoms with Gasteiger partial charge in [0.1, 0.15) is 17.1 Å². The first kappa shape index (κ1) is 15.2. The number of benzene rings is 1. The van der Waals surface area contributed by atoms with Gasteiger partial charge in [-0.1, -0.05) is 0 Å². The standard InChI is InChI=1S/C15H13BrN4O3/c1-23-10-3-2-8-4-13(18-11(8)6-10)15(22)20-19-14(21)12-5-9(16)7-17-12/h2-7,17-18H,1H3,(H,19,21)(H,20,22). The van der Waals surface area contributed by atoms with Crippen LogP contribution < -0.4 is 15.6 Å². The van der Waals surface area contributed by atoms with Gasteiger partial charge in [0.2, 0.25) is 0 Å². The van der Waals surface area contributed by atoms with Crippen LogP contribution in [0.5, 0.6) is 5.75 Å². The van der Waals surface area contributed by atoms with Crippen molar-refractivity contribution < 1.29 is 14.3 Å². The second-order valence-electron chi connectivity index (χ2n) is 4.78. The summed E-state index contributed by atoms with van der Waals surface area (Å²) in [6, 6.07) is 8.75. The van der Waals surface area contributed by atoms with E-state index in [1.807, 2.05) is 12.1 Å². The highest BCUT2D eigenvalue weighted by Gasteiger charge is 2.12. The molecule has 7 nitrogen and oxygen atoms in total. The molecule has 2 heterocycles. The van der Waals surface area contributed by atoms with E-state index >= 15 is 0 Å². The second kappa shape index (κ2) is 6.17. The average molecular weight is 377 g/mol. The molecule has 0 aliphatic rings. The van der Waals surface area contributed by atoms with Gasteiger partial charge < -0.3 is 14.7 Å². The number of carbonyl (C=O) groups is 2. The molecule has 3 rings (SSSR count). The number of carbonyl (C=O) groups excluding carboxylic acids is 2. The zero-order valence-corrected chi connectivity index (χ0v) is 13.7. The summed E-state index contributed by atoms with van der Waals surface area (Å²) in [5, 5.41) is 0.871. The topological polar surface area (TPSA) is 99.0 Å². The molecule has 4 N–H and O–H groups in total. The molecule has 8 heteroatoms. The van der Waals surface area contributed by atoms with Crippen LogP contribution in [0.1, 0.15) is 21.0 Å². The van der Waals surface area contributed by atoms with Gasteiger partial charge in [-0.05, 0) is 40.2 Å². The van der Waals surface area contributed by atoms with E-state index in [-0.39, 0.29) is 0 Å². The number of hydrogen-bond donors (Lipinski definition) is 4. The molecule has 3 aromatic rings. The van der Waals surface area contributed by atoms with Crippen molar-refractivity contribution in [3.05, 3.63) is 52.4 Å². The number of H-pyrrole nitrogens is 2. The summed E-state index contributed by atoms with van der Waals surface area (Å²) in [5.74, 6) is -0.196. The molecule has 0 bridgehead atoms. The third kappa shape index (κ3) is 3.21. The van der Waals surface area contributed by atoms with Gasteiger partial charge >= 0.3 is 0 Å². The summed E-state index contributed by atoms with van der Waals surface area (Å²) >= 11 is 3.23. The maximum absolute atomic E-state index is 12.1. The molecule has 0 aliphatic carbocycles.